The molecule has 0 fully saturated rings. The molecule has 5 rings (SSSR count). The first-order valence-corrected chi connectivity index (χ1v) is 12.0. The number of carbonyl (C=O) groups excluding carboxylic acids is 1. The number of hydrogen-bond donors (Lipinski definition) is 1. The van der Waals surface area contributed by atoms with E-state index in [9.17, 15) is 14.4 Å². The van der Waals surface area contributed by atoms with E-state index in [0.29, 0.717) is 40.4 Å². The molecule has 0 unspecified atom stereocenters. The van der Waals surface area contributed by atoms with Crippen molar-refractivity contribution >= 4 is 28.4 Å². The second-order valence-electron chi connectivity index (χ2n) is 8.50. The number of hydrogen-bond acceptors (Lipinski definition) is 5. The van der Waals surface area contributed by atoms with Gasteiger partial charge in [-0.05, 0) is 47.9 Å². The number of rotatable bonds is 8. The molecule has 0 bridgehead atoms. The molecule has 4 aromatic rings. The van der Waals surface area contributed by atoms with E-state index in [1.54, 1.807) is 34.9 Å². The normalized spacial score (nSPS) is 12.1. The number of fused-ring (bicyclic) bond motifs is 2. The third-order valence-electron chi connectivity index (χ3n) is 6.13. The third kappa shape index (κ3) is 4.85. The van der Waals surface area contributed by atoms with E-state index in [-0.39, 0.29) is 37.8 Å². The summed E-state index contributed by atoms with van der Waals surface area (Å²) in [4.78, 5) is 38.9. The zero-order valence-electron chi connectivity index (χ0n) is 19.4. The number of carbonyl (C=O) groups is 1. The maximum absolute atomic E-state index is 13.4. The van der Waals surface area contributed by atoms with Crippen molar-refractivity contribution in [2.24, 2.45) is 0 Å². The van der Waals surface area contributed by atoms with Crippen LogP contribution in [0.1, 0.15) is 24.0 Å². The predicted octanol–water partition coefficient (Wildman–Crippen LogP) is 3.69. The van der Waals surface area contributed by atoms with Crippen molar-refractivity contribution < 1.29 is 14.3 Å². The second-order valence-corrected chi connectivity index (χ2v) is 8.91. The summed E-state index contributed by atoms with van der Waals surface area (Å²) in [5, 5.41) is 3.85. The van der Waals surface area contributed by atoms with Crippen LogP contribution in [-0.4, -0.2) is 21.8 Å². The highest BCUT2D eigenvalue weighted by atomic mass is 35.5. The van der Waals surface area contributed by atoms with E-state index >= 15 is 0 Å². The molecule has 0 saturated carbocycles. The number of halogens is 1. The lowest BCUT2D eigenvalue weighted by Crippen LogP contribution is -2.40. The Morgan fingerprint density at radius 1 is 0.944 bits per heavy atom. The summed E-state index contributed by atoms with van der Waals surface area (Å²) in [5.74, 6) is 1.18. The minimum absolute atomic E-state index is 0.127. The zero-order valence-corrected chi connectivity index (χ0v) is 20.2. The second kappa shape index (κ2) is 10.3. The summed E-state index contributed by atoms with van der Waals surface area (Å²) >= 11 is 6.33. The predicted molar refractivity (Wildman–Crippen MR) is 137 cm³/mol. The molecule has 0 radical (unpaired) electrons. The van der Waals surface area contributed by atoms with Crippen molar-refractivity contribution in [2.45, 2.75) is 32.5 Å². The van der Waals surface area contributed by atoms with Gasteiger partial charge >= 0.3 is 5.69 Å². The Hall–Kier alpha value is -4.04. The van der Waals surface area contributed by atoms with Gasteiger partial charge in [-0.25, -0.2) is 4.79 Å². The minimum atomic E-state index is -0.431. The van der Waals surface area contributed by atoms with Crippen LogP contribution in [0.3, 0.4) is 0 Å². The quantitative estimate of drug-likeness (QED) is 0.394. The molecule has 2 heterocycles. The average molecular weight is 506 g/mol. The van der Waals surface area contributed by atoms with Crippen LogP contribution >= 0.6 is 11.6 Å². The molecule has 1 aromatic heterocycles. The molecule has 0 saturated heterocycles. The summed E-state index contributed by atoms with van der Waals surface area (Å²) in [6, 6.07) is 19.8. The smallest absolute Gasteiger partial charge is 0.331 e. The van der Waals surface area contributed by atoms with Crippen LogP contribution < -0.4 is 26.0 Å². The van der Waals surface area contributed by atoms with Crippen LogP contribution in [0.4, 0.5) is 0 Å². The van der Waals surface area contributed by atoms with Crippen molar-refractivity contribution in [3.63, 3.8) is 0 Å². The number of nitrogens with one attached hydrogen (secondary N) is 1. The number of nitrogens with zero attached hydrogens (tertiary/aromatic N) is 2. The lowest BCUT2D eigenvalue weighted by atomic mass is 10.2. The van der Waals surface area contributed by atoms with Crippen molar-refractivity contribution in [3.05, 3.63) is 104 Å². The van der Waals surface area contributed by atoms with Crippen molar-refractivity contribution in [1.29, 1.82) is 0 Å². The molecule has 0 aliphatic carbocycles. The van der Waals surface area contributed by atoms with Gasteiger partial charge in [0.1, 0.15) is 0 Å². The fraction of sp³-hybridized carbons (Fsp3) is 0.222. The van der Waals surface area contributed by atoms with Crippen LogP contribution in [0.15, 0.2) is 76.3 Å². The van der Waals surface area contributed by atoms with Gasteiger partial charge in [0.25, 0.3) is 5.56 Å². The standard InChI is InChI=1S/C27H24ClN3O5/c28-21-8-3-1-6-19(21)16-31-22-9-4-2-7-20(22)26(33)30(27(31)34)13-5-10-25(32)29-15-18-11-12-23-24(14-18)36-17-35-23/h1-4,6-9,11-12,14H,5,10,13,15-17H2,(H,29,32). The summed E-state index contributed by atoms with van der Waals surface area (Å²) in [6.45, 7) is 0.896. The van der Waals surface area contributed by atoms with Crippen LogP contribution in [0.25, 0.3) is 10.9 Å². The molecule has 1 aliphatic rings. The molecule has 1 amide bonds. The molecule has 36 heavy (non-hydrogen) atoms. The van der Waals surface area contributed by atoms with E-state index in [2.05, 4.69) is 5.32 Å². The maximum Gasteiger partial charge on any atom is 0.331 e. The molecule has 184 valence electrons. The molecule has 3 aromatic carbocycles. The topological polar surface area (TPSA) is 91.6 Å². The van der Waals surface area contributed by atoms with Gasteiger partial charge in [0.2, 0.25) is 12.7 Å². The lowest BCUT2D eigenvalue weighted by molar-refractivity contribution is -0.121. The van der Waals surface area contributed by atoms with E-state index in [0.717, 1.165) is 11.1 Å². The Bertz CT molecular complexity index is 1560. The number of amides is 1. The monoisotopic (exact) mass is 505 g/mol. The first kappa shape index (κ1) is 23.7. The summed E-state index contributed by atoms with van der Waals surface area (Å²) in [5.41, 5.74) is 1.41. The molecule has 1 aliphatic heterocycles. The molecule has 8 nitrogen and oxygen atoms in total. The Balaban J connectivity index is 1.29. The van der Waals surface area contributed by atoms with E-state index < -0.39 is 5.69 Å². The Morgan fingerprint density at radius 3 is 2.58 bits per heavy atom. The largest absolute Gasteiger partial charge is 0.454 e. The van der Waals surface area contributed by atoms with Gasteiger partial charge in [0.15, 0.2) is 11.5 Å². The zero-order chi connectivity index (χ0) is 25.1. The SMILES string of the molecule is O=C(CCCn1c(=O)c2ccccc2n(Cc2ccccc2Cl)c1=O)NCc1ccc2c(c1)OCO2. The third-order valence-corrected chi connectivity index (χ3v) is 6.50. The first-order valence-electron chi connectivity index (χ1n) is 11.6. The minimum Gasteiger partial charge on any atom is -0.454 e. The van der Waals surface area contributed by atoms with Crippen molar-refractivity contribution in [2.75, 3.05) is 6.79 Å². The van der Waals surface area contributed by atoms with Crippen LogP contribution in [0, 0.1) is 0 Å². The maximum atomic E-state index is 13.4. The van der Waals surface area contributed by atoms with Crippen molar-refractivity contribution in [3.8, 4) is 11.5 Å². The highest BCUT2D eigenvalue weighted by Crippen LogP contribution is 2.32. The van der Waals surface area contributed by atoms with Gasteiger partial charge in [0.05, 0.1) is 17.4 Å². The number of benzene rings is 3. The fourth-order valence-corrected chi connectivity index (χ4v) is 4.45. The van der Waals surface area contributed by atoms with Gasteiger partial charge in [-0.1, -0.05) is 48.0 Å². The molecule has 1 N–H and O–H groups in total. The fourth-order valence-electron chi connectivity index (χ4n) is 4.26. The van der Waals surface area contributed by atoms with Crippen LogP contribution in [0.5, 0.6) is 11.5 Å². The van der Waals surface area contributed by atoms with E-state index in [1.807, 2.05) is 36.4 Å². The van der Waals surface area contributed by atoms with Gasteiger partial charge in [0, 0.05) is 24.5 Å². The molecule has 0 atom stereocenters. The van der Waals surface area contributed by atoms with E-state index in [4.69, 9.17) is 21.1 Å². The highest BCUT2D eigenvalue weighted by molar-refractivity contribution is 6.31. The average Bonchev–Trinajstić information content (AvgIpc) is 3.36. The lowest BCUT2D eigenvalue weighted by Gasteiger charge is -2.15. The Morgan fingerprint density at radius 2 is 1.72 bits per heavy atom. The number of para-hydroxylation sites is 1. The molecule has 9 heteroatoms. The van der Waals surface area contributed by atoms with Gasteiger partial charge in [-0.3, -0.25) is 18.7 Å². The van der Waals surface area contributed by atoms with Gasteiger partial charge < -0.3 is 14.8 Å². The summed E-state index contributed by atoms with van der Waals surface area (Å²) < 4.78 is 13.4. The summed E-state index contributed by atoms with van der Waals surface area (Å²) in [6.07, 6.45) is 0.514. The Labute approximate surface area is 211 Å². The van der Waals surface area contributed by atoms with Crippen LogP contribution in [-0.2, 0) is 24.4 Å². The highest BCUT2D eigenvalue weighted by Gasteiger charge is 2.15. The molecular formula is C27H24ClN3O5. The molecular weight excluding hydrogens is 482 g/mol. The van der Waals surface area contributed by atoms with Gasteiger partial charge in [-0.2, -0.15) is 0 Å². The number of ether oxygens (including phenoxy) is 2. The summed E-state index contributed by atoms with van der Waals surface area (Å²) in [7, 11) is 0. The van der Waals surface area contributed by atoms with Crippen LogP contribution in [0.2, 0.25) is 5.02 Å². The first-order chi connectivity index (χ1) is 17.5. The Kier molecular flexibility index (Phi) is 6.77. The van der Waals surface area contributed by atoms with Crippen molar-refractivity contribution in [1.82, 2.24) is 14.5 Å². The van der Waals surface area contributed by atoms with Gasteiger partial charge in [-0.15, -0.1) is 0 Å². The van der Waals surface area contributed by atoms with E-state index in [1.165, 1.54) is 4.57 Å². The molecule has 0 spiro atoms. The number of aromatic nitrogens is 2.